The van der Waals surface area contributed by atoms with Crippen LogP contribution in [0, 0.1) is 11.8 Å². The molecule has 0 bridgehead atoms. The zero-order valence-corrected chi connectivity index (χ0v) is 21.5. The molecule has 2 amide bonds. The lowest BCUT2D eigenvalue weighted by Gasteiger charge is -2.23. The van der Waals surface area contributed by atoms with Crippen LogP contribution >= 0.6 is 0 Å². The SMILES string of the molecule is CC(C)Cc1ccc(C(=O)N2CCc3nnc([C@@H](CC(C)C)NC(=O)CN(C)C)n3CC2)cc1. The van der Waals surface area contributed by atoms with Gasteiger partial charge >= 0.3 is 0 Å². The number of fused-ring (bicyclic) bond motifs is 1. The molecule has 0 unspecified atom stereocenters. The summed E-state index contributed by atoms with van der Waals surface area (Å²) >= 11 is 0. The summed E-state index contributed by atoms with van der Waals surface area (Å²) in [6, 6.07) is 7.80. The molecule has 0 saturated carbocycles. The molecule has 34 heavy (non-hydrogen) atoms. The van der Waals surface area contributed by atoms with E-state index in [0.717, 1.165) is 30.1 Å². The fraction of sp³-hybridized carbons (Fsp3) is 0.615. The largest absolute Gasteiger partial charge is 0.345 e. The molecule has 1 aromatic heterocycles. The summed E-state index contributed by atoms with van der Waals surface area (Å²) in [6.07, 6.45) is 2.44. The molecule has 1 aliphatic heterocycles. The fourth-order valence-electron chi connectivity index (χ4n) is 4.47. The van der Waals surface area contributed by atoms with Crippen molar-refractivity contribution in [2.75, 3.05) is 33.7 Å². The maximum absolute atomic E-state index is 13.2. The Labute approximate surface area is 203 Å². The van der Waals surface area contributed by atoms with E-state index in [1.165, 1.54) is 5.56 Å². The minimum Gasteiger partial charge on any atom is -0.345 e. The van der Waals surface area contributed by atoms with Crippen LogP contribution in [0.1, 0.15) is 67.7 Å². The van der Waals surface area contributed by atoms with E-state index in [0.29, 0.717) is 44.4 Å². The molecule has 2 heterocycles. The van der Waals surface area contributed by atoms with E-state index in [4.69, 9.17) is 0 Å². The zero-order chi connectivity index (χ0) is 24.8. The summed E-state index contributed by atoms with van der Waals surface area (Å²) < 4.78 is 2.10. The predicted octanol–water partition coefficient (Wildman–Crippen LogP) is 2.94. The molecular weight excluding hydrogens is 428 g/mol. The molecule has 2 aromatic rings. The van der Waals surface area contributed by atoms with E-state index in [1.807, 2.05) is 36.0 Å². The average Bonchev–Trinajstić information content (AvgIpc) is 3.03. The predicted molar refractivity (Wildman–Crippen MR) is 134 cm³/mol. The van der Waals surface area contributed by atoms with Crippen LogP contribution < -0.4 is 5.32 Å². The minimum absolute atomic E-state index is 0.0284. The lowest BCUT2D eigenvalue weighted by molar-refractivity contribution is -0.122. The topological polar surface area (TPSA) is 83.4 Å². The molecule has 1 aliphatic rings. The fourth-order valence-corrected chi connectivity index (χ4v) is 4.47. The number of carbonyl (C=O) groups is 2. The van der Waals surface area contributed by atoms with Crippen molar-refractivity contribution in [3.8, 4) is 0 Å². The number of carbonyl (C=O) groups excluding carboxylic acids is 2. The summed E-state index contributed by atoms with van der Waals surface area (Å²) in [6.45, 7) is 10.8. The van der Waals surface area contributed by atoms with Crippen molar-refractivity contribution >= 4 is 11.8 Å². The van der Waals surface area contributed by atoms with Gasteiger partial charge in [-0.1, -0.05) is 39.8 Å². The Balaban J connectivity index is 1.72. The third kappa shape index (κ3) is 6.88. The van der Waals surface area contributed by atoms with Crippen molar-refractivity contribution in [3.63, 3.8) is 0 Å². The van der Waals surface area contributed by atoms with E-state index < -0.39 is 0 Å². The molecular formula is C26H40N6O2. The lowest BCUT2D eigenvalue weighted by Crippen LogP contribution is -2.38. The number of hydrogen-bond acceptors (Lipinski definition) is 5. The molecule has 0 spiro atoms. The van der Waals surface area contributed by atoms with E-state index in [2.05, 4.69) is 59.9 Å². The Morgan fingerprint density at radius 1 is 1.00 bits per heavy atom. The Kier molecular flexibility index (Phi) is 8.83. The molecule has 3 rings (SSSR count). The monoisotopic (exact) mass is 468 g/mol. The van der Waals surface area contributed by atoms with Gasteiger partial charge in [-0.25, -0.2) is 0 Å². The van der Waals surface area contributed by atoms with Crippen molar-refractivity contribution < 1.29 is 9.59 Å². The number of nitrogens with zero attached hydrogens (tertiary/aromatic N) is 5. The summed E-state index contributed by atoms with van der Waals surface area (Å²) in [5.41, 5.74) is 1.98. The van der Waals surface area contributed by atoms with Gasteiger partial charge in [0.15, 0.2) is 5.82 Å². The molecule has 8 nitrogen and oxygen atoms in total. The van der Waals surface area contributed by atoms with Gasteiger partial charge in [0, 0.05) is 31.6 Å². The molecule has 1 atom stereocenters. The third-order valence-corrected chi connectivity index (χ3v) is 6.00. The average molecular weight is 469 g/mol. The quantitative estimate of drug-likeness (QED) is 0.612. The maximum Gasteiger partial charge on any atom is 0.253 e. The maximum atomic E-state index is 13.2. The highest BCUT2D eigenvalue weighted by Crippen LogP contribution is 2.23. The molecule has 1 N–H and O–H groups in total. The minimum atomic E-state index is -0.204. The second-order valence-electron chi connectivity index (χ2n) is 10.5. The van der Waals surface area contributed by atoms with Crippen molar-refractivity contribution in [1.82, 2.24) is 29.9 Å². The highest BCUT2D eigenvalue weighted by atomic mass is 16.2. The van der Waals surface area contributed by atoms with Gasteiger partial charge in [0.25, 0.3) is 5.91 Å². The Hall–Kier alpha value is -2.74. The second-order valence-corrected chi connectivity index (χ2v) is 10.5. The first kappa shape index (κ1) is 25.9. The molecule has 186 valence electrons. The van der Waals surface area contributed by atoms with Crippen LogP contribution in [0.4, 0.5) is 0 Å². The van der Waals surface area contributed by atoms with Crippen molar-refractivity contribution in [2.45, 2.75) is 59.5 Å². The van der Waals surface area contributed by atoms with E-state index in [9.17, 15) is 9.59 Å². The summed E-state index contributed by atoms with van der Waals surface area (Å²) in [7, 11) is 3.76. The highest BCUT2D eigenvalue weighted by Gasteiger charge is 2.27. The number of benzene rings is 1. The molecule has 0 aliphatic carbocycles. The van der Waals surface area contributed by atoms with Crippen LogP contribution in [0.15, 0.2) is 24.3 Å². The molecule has 0 fully saturated rings. The smallest absolute Gasteiger partial charge is 0.253 e. The number of aromatic nitrogens is 3. The van der Waals surface area contributed by atoms with Gasteiger partial charge in [-0.05, 0) is 56.5 Å². The number of likely N-dealkylation sites (N-methyl/N-ethyl adjacent to an activating group) is 1. The molecule has 1 aromatic carbocycles. The number of hydrogen-bond donors (Lipinski definition) is 1. The van der Waals surface area contributed by atoms with Crippen LogP contribution in [0.3, 0.4) is 0 Å². The van der Waals surface area contributed by atoms with E-state index in [1.54, 1.807) is 0 Å². The summed E-state index contributed by atoms with van der Waals surface area (Å²) in [5, 5.41) is 12.0. The van der Waals surface area contributed by atoms with E-state index in [-0.39, 0.29) is 17.9 Å². The van der Waals surface area contributed by atoms with Crippen molar-refractivity contribution in [1.29, 1.82) is 0 Å². The van der Waals surface area contributed by atoms with Gasteiger partial charge in [-0.2, -0.15) is 0 Å². The highest BCUT2D eigenvalue weighted by molar-refractivity contribution is 5.94. The van der Waals surface area contributed by atoms with Gasteiger partial charge in [0.05, 0.1) is 12.6 Å². The molecule has 0 saturated heterocycles. The lowest BCUT2D eigenvalue weighted by atomic mass is 10.0. The van der Waals surface area contributed by atoms with Crippen molar-refractivity contribution in [3.05, 3.63) is 47.0 Å². The first-order valence-corrected chi connectivity index (χ1v) is 12.4. The first-order valence-electron chi connectivity index (χ1n) is 12.4. The standard InChI is InChI=1S/C26H40N6O2/c1-18(2)15-20-7-9-21(10-8-20)26(34)31-12-11-23-28-29-25(32(23)14-13-31)22(16-19(3)4)27-24(33)17-30(5)6/h7-10,18-19,22H,11-17H2,1-6H3,(H,27,33)/t22-/m1/s1. The normalized spacial score (nSPS) is 14.9. The van der Waals surface area contributed by atoms with Crippen LogP contribution in [0.5, 0.6) is 0 Å². The van der Waals surface area contributed by atoms with Gasteiger partial charge in [-0.15, -0.1) is 10.2 Å². The van der Waals surface area contributed by atoms with Gasteiger partial charge in [-0.3, -0.25) is 9.59 Å². The Bertz CT molecular complexity index is 964. The zero-order valence-electron chi connectivity index (χ0n) is 21.5. The second kappa shape index (κ2) is 11.6. The molecule has 0 radical (unpaired) electrons. The summed E-state index contributed by atoms with van der Waals surface area (Å²) in [4.78, 5) is 29.4. The van der Waals surface area contributed by atoms with Crippen LogP contribution in [-0.2, 0) is 24.2 Å². The van der Waals surface area contributed by atoms with Crippen LogP contribution in [0.2, 0.25) is 0 Å². The summed E-state index contributed by atoms with van der Waals surface area (Å²) in [5.74, 6) is 2.65. The first-order chi connectivity index (χ1) is 16.1. The number of amides is 2. The van der Waals surface area contributed by atoms with E-state index >= 15 is 0 Å². The Morgan fingerprint density at radius 3 is 2.32 bits per heavy atom. The van der Waals surface area contributed by atoms with Gasteiger partial charge in [0.2, 0.25) is 5.91 Å². The number of nitrogens with one attached hydrogen (secondary N) is 1. The number of rotatable bonds is 9. The van der Waals surface area contributed by atoms with Gasteiger partial charge in [0.1, 0.15) is 5.82 Å². The molecule has 8 heteroatoms. The van der Waals surface area contributed by atoms with Gasteiger partial charge < -0.3 is 19.7 Å². The van der Waals surface area contributed by atoms with Crippen LogP contribution in [-0.4, -0.2) is 70.1 Å². The Morgan fingerprint density at radius 2 is 1.71 bits per heavy atom. The van der Waals surface area contributed by atoms with Crippen LogP contribution in [0.25, 0.3) is 0 Å². The van der Waals surface area contributed by atoms with Crippen molar-refractivity contribution in [2.24, 2.45) is 11.8 Å². The third-order valence-electron chi connectivity index (χ3n) is 6.00.